The summed E-state index contributed by atoms with van der Waals surface area (Å²) in [4.78, 5) is 25.9. The molecule has 5 heteroatoms. The molecule has 0 saturated carbocycles. The van der Waals surface area contributed by atoms with Gasteiger partial charge in [-0.1, -0.05) is 54.6 Å². The number of benzene rings is 4. The maximum absolute atomic E-state index is 12.8. The number of Topliss-reactive ketones (excluding diaryl/α,β-unsaturated/α-hetero) is 1. The summed E-state index contributed by atoms with van der Waals surface area (Å²) in [6.45, 7) is -0.0547. The molecule has 0 unspecified atom stereocenters. The van der Waals surface area contributed by atoms with Crippen LogP contribution in [-0.4, -0.2) is 24.1 Å². The highest BCUT2D eigenvalue weighted by Crippen LogP contribution is 2.37. The molecule has 1 N–H and O–H groups in total. The topological polar surface area (TPSA) is 55.4 Å². The number of carbonyl (C=O) groups is 2. The summed E-state index contributed by atoms with van der Waals surface area (Å²) in [5, 5.41) is 2.82. The molecule has 168 valence electrons. The number of amides is 1. The van der Waals surface area contributed by atoms with Crippen molar-refractivity contribution in [3.05, 3.63) is 114 Å². The fraction of sp³-hybridized carbons (Fsp3) is 0.103. The van der Waals surface area contributed by atoms with E-state index in [4.69, 9.17) is 4.74 Å². The first-order valence-corrected chi connectivity index (χ1v) is 12.1. The van der Waals surface area contributed by atoms with Gasteiger partial charge >= 0.3 is 0 Å². The second-order valence-electron chi connectivity index (χ2n) is 8.09. The van der Waals surface area contributed by atoms with E-state index in [1.807, 2.05) is 66.7 Å². The smallest absolute Gasteiger partial charge is 0.262 e. The monoisotopic (exact) mass is 465 g/mol. The van der Waals surface area contributed by atoms with E-state index < -0.39 is 0 Å². The van der Waals surface area contributed by atoms with E-state index >= 15 is 0 Å². The van der Waals surface area contributed by atoms with Gasteiger partial charge in [-0.25, -0.2) is 0 Å². The van der Waals surface area contributed by atoms with E-state index in [-0.39, 0.29) is 18.3 Å². The van der Waals surface area contributed by atoms with Gasteiger partial charge < -0.3 is 10.1 Å². The minimum absolute atomic E-state index is 0.0547. The number of para-hydroxylation sites is 1. The lowest BCUT2D eigenvalue weighted by Gasteiger charge is -2.08. The quantitative estimate of drug-likeness (QED) is 0.217. The van der Waals surface area contributed by atoms with E-state index in [1.54, 1.807) is 0 Å². The first kappa shape index (κ1) is 22.0. The maximum atomic E-state index is 12.8. The van der Waals surface area contributed by atoms with Crippen molar-refractivity contribution in [2.75, 3.05) is 17.7 Å². The Morgan fingerprint density at radius 1 is 0.794 bits per heavy atom. The molecule has 1 aliphatic carbocycles. The summed E-state index contributed by atoms with van der Waals surface area (Å²) >= 11 is 1.49. The number of ketones is 1. The molecule has 0 aromatic heterocycles. The van der Waals surface area contributed by atoms with Crippen molar-refractivity contribution in [2.45, 2.75) is 11.3 Å². The van der Waals surface area contributed by atoms with Gasteiger partial charge in [0.1, 0.15) is 5.75 Å². The van der Waals surface area contributed by atoms with Crippen LogP contribution in [-0.2, 0) is 11.2 Å². The van der Waals surface area contributed by atoms with E-state index in [0.29, 0.717) is 17.2 Å². The number of fused-ring (bicyclic) bond motifs is 3. The second kappa shape index (κ2) is 9.98. The van der Waals surface area contributed by atoms with Crippen LogP contribution in [0.5, 0.6) is 5.75 Å². The molecule has 0 saturated heterocycles. The van der Waals surface area contributed by atoms with Crippen molar-refractivity contribution in [1.82, 2.24) is 0 Å². The molecule has 1 amide bonds. The summed E-state index contributed by atoms with van der Waals surface area (Å²) in [5.41, 5.74) is 6.47. The van der Waals surface area contributed by atoms with Crippen molar-refractivity contribution < 1.29 is 14.3 Å². The van der Waals surface area contributed by atoms with Gasteiger partial charge in [0.25, 0.3) is 5.91 Å². The van der Waals surface area contributed by atoms with Gasteiger partial charge in [0.2, 0.25) is 0 Å². The molecule has 0 radical (unpaired) electrons. The zero-order valence-electron chi connectivity index (χ0n) is 18.5. The van der Waals surface area contributed by atoms with Crippen LogP contribution in [0.25, 0.3) is 11.1 Å². The molecule has 4 aromatic carbocycles. The number of carbonyl (C=O) groups excluding carboxylic acids is 2. The maximum Gasteiger partial charge on any atom is 0.262 e. The predicted octanol–water partition coefficient (Wildman–Crippen LogP) is 6.25. The second-order valence-corrected chi connectivity index (χ2v) is 9.14. The first-order chi connectivity index (χ1) is 16.7. The van der Waals surface area contributed by atoms with Crippen LogP contribution in [0.3, 0.4) is 0 Å². The van der Waals surface area contributed by atoms with Crippen LogP contribution < -0.4 is 10.1 Å². The van der Waals surface area contributed by atoms with Crippen LogP contribution in [0.15, 0.2) is 102 Å². The molecule has 1 aliphatic rings. The molecule has 0 heterocycles. The van der Waals surface area contributed by atoms with Crippen molar-refractivity contribution >= 4 is 29.1 Å². The van der Waals surface area contributed by atoms with Gasteiger partial charge in [-0.2, -0.15) is 0 Å². The molecule has 0 spiro atoms. The molecule has 4 nitrogen and oxygen atoms in total. The Kier molecular flexibility index (Phi) is 6.45. The van der Waals surface area contributed by atoms with Crippen LogP contribution in [0.2, 0.25) is 0 Å². The van der Waals surface area contributed by atoms with E-state index in [1.165, 1.54) is 34.0 Å². The fourth-order valence-corrected chi connectivity index (χ4v) is 4.84. The van der Waals surface area contributed by atoms with E-state index in [9.17, 15) is 9.59 Å². The van der Waals surface area contributed by atoms with E-state index in [0.717, 1.165) is 16.9 Å². The molecule has 5 rings (SSSR count). The third-order valence-corrected chi connectivity index (χ3v) is 6.75. The average molecular weight is 466 g/mol. The summed E-state index contributed by atoms with van der Waals surface area (Å²) in [7, 11) is 0. The van der Waals surface area contributed by atoms with Crippen LogP contribution >= 0.6 is 11.8 Å². The SMILES string of the molecule is O=C(COc1ccccc1)Nc1ccc(SCC(=O)c2ccc3c(c2)Cc2ccccc2-3)cc1. The normalized spacial score (nSPS) is 11.4. The lowest BCUT2D eigenvalue weighted by molar-refractivity contribution is -0.118. The highest BCUT2D eigenvalue weighted by Gasteiger charge is 2.19. The lowest BCUT2D eigenvalue weighted by Crippen LogP contribution is -2.20. The molecule has 0 bridgehead atoms. The predicted molar refractivity (Wildman–Crippen MR) is 137 cm³/mol. The molecule has 0 aliphatic heterocycles. The van der Waals surface area contributed by atoms with Gasteiger partial charge in [-0.05, 0) is 71.1 Å². The van der Waals surface area contributed by atoms with Gasteiger partial charge in [-0.15, -0.1) is 11.8 Å². The highest BCUT2D eigenvalue weighted by atomic mass is 32.2. The molecule has 34 heavy (non-hydrogen) atoms. The number of nitrogens with one attached hydrogen (secondary N) is 1. The van der Waals surface area contributed by atoms with Gasteiger partial charge in [0.15, 0.2) is 12.4 Å². The minimum Gasteiger partial charge on any atom is -0.484 e. The highest BCUT2D eigenvalue weighted by molar-refractivity contribution is 8.00. The summed E-state index contributed by atoms with van der Waals surface area (Å²) in [5.74, 6) is 0.905. The summed E-state index contributed by atoms with van der Waals surface area (Å²) in [6, 6.07) is 31.1. The zero-order valence-corrected chi connectivity index (χ0v) is 19.3. The fourth-order valence-electron chi connectivity index (χ4n) is 4.05. The summed E-state index contributed by atoms with van der Waals surface area (Å²) in [6.07, 6.45) is 0.878. The van der Waals surface area contributed by atoms with E-state index in [2.05, 4.69) is 35.6 Å². The number of ether oxygens (including phenoxy) is 1. The summed E-state index contributed by atoms with van der Waals surface area (Å²) < 4.78 is 5.46. The van der Waals surface area contributed by atoms with Crippen molar-refractivity contribution in [1.29, 1.82) is 0 Å². The standard InChI is InChI=1S/C29H23NO3S/c31-28(21-10-15-27-22(17-21)16-20-6-4-5-9-26(20)27)19-34-25-13-11-23(12-14-25)30-29(32)18-33-24-7-2-1-3-8-24/h1-15,17H,16,18-19H2,(H,30,32). The Bertz CT molecular complexity index is 1330. The molecular weight excluding hydrogens is 442 g/mol. The number of hydrogen-bond acceptors (Lipinski definition) is 4. The van der Waals surface area contributed by atoms with Crippen LogP contribution in [0, 0.1) is 0 Å². The van der Waals surface area contributed by atoms with Crippen LogP contribution in [0.1, 0.15) is 21.5 Å². The Hall–Kier alpha value is -3.83. The molecule has 0 atom stereocenters. The molecule has 0 fully saturated rings. The van der Waals surface area contributed by atoms with Crippen molar-refractivity contribution in [3.63, 3.8) is 0 Å². The zero-order chi connectivity index (χ0) is 23.3. The van der Waals surface area contributed by atoms with Crippen molar-refractivity contribution in [3.8, 4) is 16.9 Å². The minimum atomic E-state index is -0.224. The third-order valence-electron chi connectivity index (χ3n) is 5.74. The molecule has 4 aromatic rings. The Balaban J connectivity index is 1.13. The van der Waals surface area contributed by atoms with Crippen LogP contribution in [0.4, 0.5) is 5.69 Å². The lowest BCUT2D eigenvalue weighted by atomic mass is 10.0. The molecular formula is C29H23NO3S. The first-order valence-electron chi connectivity index (χ1n) is 11.1. The Labute approximate surface area is 203 Å². The third kappa shape index (κ3) is 5.05. The largest absolute Gasteiger partial charge is 0.484 e. The number of rotatable bonds is 8. The van der Waals surface area contributed by atoms with Gasteiger partial charge in [0.05, 0.1) is 5.75 Å². The van der Waals surface area contributed by atoms with Gasteiger partial charge in [0, 0.05) is 16.1 Å². The Morgan fingerprint density at radius 3 is 2.35 bits per heavy atom. The number of hydrogen-bond donors (Lipinski definition) is 1. The van der Waals surface area contributed by atoms with Gasteiger partial charge in [-0.3, -0.25) is 9.59 Å². The Morgan fingerprint density at radius 2 is 1.53 bits per heavy atom. The van der Waals surface area contributed by atoms with Crippen molar-refractivity contribution in [2.24, 2.45) is 0 Å². The number of anilines is 1. The average Bonchev–Trinajstić information content (AvgIpc) is 3.25. The number of thioether (sulfide) groups is 1.